The molecule has 106 valence electrons. The van der Waals surface area contributed by atoms with Crippen molar-refractivity contribution in [1.29, 1.82) is 0 Å². The Balaban J connectivity index is 2.29. The van der Waals surface area contributed by atoms with Gasteiger partial charge in [0.2, 0.25) is 10.0 Å². The minimum atomic E-state index is -3.50. The van der Waals surface area contributed by atoms with E-state index in [-0.39, 0.29) is 16.8 Å². The summed E-state index contributed by atoms with van der Waals surface area (Å²) in [4.78, 5) is 0.163. The summed E-state index contributed by atoms with van der Waals surface area (Å²) in [7, 11) is -1.92. The Kier molecular flexibility index (Phi) is 4.23. The van der Waals surface area contributed by atoms with E-state index in [2.05, 4.69) is 5.32 Å². The number of hydrogen-bond donors (Lipinski definition) is 1. The molecule has 0 bridgehead atoms. The van der Waals surface area contributed by atoms with Gasteiger partial charge in [0, 0.05) is 25.2 Å². The summed E-state index contributed by atoms with van der Waals surface area (Å²) in [6, 6.07) is 4.08. The quantitative estimate of drug-likeness (QED) is 0.866. The molecular weight excluding hydrogens is 267 g/mol. The van der Waals surface area contributed by atoms with Crippen LogP contribution in [0.4, 0.5) is 4.39 Å². The normalized spacial score (nSPS) is 16.0. The lowest BCUT2D eigenvalue weighted by atomic mass is 10.2. The predicted octanol–water partition coefficient (Wildman–Crippen LogP) is 1.72. The van der Waals surface area contributed by atoms with Gasteiger partial charge in [0.15, 0.2) is 0 Å². The molecule has 0 heterocycles. The molecule has 19 heavy (non-hydrogen) atoms. The Morgan fingerprint density at radius 2 is 2.11 bits per heavy atom. The third kappa shape index (κ3) is 3.13. The van der Waals surface area contributed by atoms with Crippen molar-refractivity contribution < 1.29 is 12.8 Å². The fourth-order valence-corrected chi connectivity index (χ4v) is 3.37. The van der Waals surface area contributed by atoms with Crippen molar-refractivity contribution in [2.45, 2.75) is 37.2 Å². The van der Waals surface area contributed by atoms with Crippen LogP contribution in [0.25, 0.3) is 0 Å². The number of nitrogens with zero attached hydrogens (tertiary/aromatic N) is 1. The van der Waals surface area contributed by atoms with Gasteiger partial charge in [0.05, 0.1) is 4.90 Å². The molecule has 0 aromatic heterocycles. The molecule has 0 spiro atoms. The van der Waals surface area contributed by atoms with Gasteiger partial charge in [-0.3, -0.25) is 0 Å². The van der Waals surface area contributed by atoms with Gasteiger partial charge in [-0.05, 0) is 37.6 Å². The van der Waals surface area contributed by atoms with Crippen LogP contribution in [-0.2, 0) is 16.6 Å². The maximum atomic E-state index is 13.6. The van der Waals surface area contributed by atoms with E-state index < -0.39 is 10.0 Å². The Morgan fingerprint density at radius 1 is 1.42 bits per heavy atom. The first-order chi connectivity index (χ1) is 8.96. The molecule has 0 atom stereocenters. The summed E-state index contributed by atoms with van der Waals surface area (Å²) in [5, 5.41) is 3.00. The highest BCUT2D eigenvalue weighted by atomic mass is 32.2. The number of rotatable bonds is 6. The number of nitrogens with one attached hydrogen (secondary N) is 1. The van der Waals surface area contributed by atoms with Gasteiger partial charge < -0.3 is 5.32 Å². The molecular formula is C13H19FN2O2S. The smallest absolute Gasteiger partial charge is 0.243 e. The van der Waals surface area contributed by atoms with Gasteiger partial charge in [-0.1, -0.05) is 6.92 Å². The van der Waals surface area contributed by atoms with Crippen LogP contribution in [0.3, 0.4) is 0 Å². The van der Waals surface area contributed by atoms with Crippen molar-refractivity contribution >= 4 is 10.0 Å². The van der Waals surface area contributed by atoms with E-state index >= 15 is 0 Å². The van der Waals surface area contributed by atoms with Gasteiger partial charge in [-0.15, -0.1) is 0 Å². The molecule has 0 aliphatic heterocycles. The first-order valence-electron chi connectivity index (χ1n) is 6.44. The van der Waals surface area contributed by atoms with Crippen molar-refractivity contribution in [3.63, 3.8) is 0 Å². The van der Waals surface area contributed by atoms with Crippen LogP contribution in [0.2, 0.25) is 0 Å². The molecule has 1 aromatic rings. The zero-order valence-electron chi connectivity index (χ0n) is 11.2. The average molecular weight is 286 g/mol. The van der Waals surface area contributed by atoms with Crippen LogP contribution in [0.5, 0.6) is 0 Å². The second-order valence-corrected chi connectivity index (χ2v) is 6.78. The van der Waals surface area contributed by atoms with Crippen LogP contribution in [0.1, 0.15) is 25.3 Å². The molecule has 4 nitrogen and oxygen atoms in total. The van der Waals surface area contributed by atoms with Gasteiger partial charge >= 0.3 is 0 Å². The predicted molar refractivity (Wildman–Crippen MR) is 71.8 cm³/mol. The Morgan fingerprint density at radius 3 is 2.68 bits per heavy atom. The summed E-state index contributed by atoms with van der Waals surface area (Å²) in [5.74, 6) is -0.381. The fraction of sp³-hybridized carbons (Fsp3) is 0.538. The lowest BCUT2D eigenvalue weighted by Crippen LogP contribution is -2.29. The van der Waals surface area contributed by atoms with E-state index in [4.69, 9.17) is 0 Å². The average Bonchev–Trinajstić information content (AvgIpc) is 3.20. The standard InChI is InChI=1S/C13H19FN2O2S/c1-3-15-9-10-8-12(6-7-13(10)14)19(17,18)16(2)11-4-5-11/h6-8,11,15H,3-5,9H2,1-2H3. The third-order valence-electron chi connectivity index (χ3n) is 3.32. The highest BCUT2D eigenvalue weighted by Crippen LogP contribution is 2.30. The minimum Gasteiger partial charge on any atom is -0.313 e. The summed E-state index contributed by atoms with van der Waals surface area (Å²) >= 11 is 0. The van der Waals surface area contributed by atoms with Gasteiger partial charge in [0.25, 0.3) is 0 Å². The first kappa shape index (κ1) is 14.4. The second-order valence-electron chi connectivity index (χ2n) is 4.79. The zero-order chi connectivity index (χ0) is 14.0. The van der Waals surface area contributed by atoms with Crippen LogP contribution in [0, 0.1) is 5.82 Å². The lowest BCUT2D eigenvalue weighted by Gasteiger charge is -2.17. The van der Waals surface area contributed by atoms with E-state index in [0.29, 0.717) is 18.7 Å². The molecule has 0 unspecified atom stereocenters. The van der Waals surface area contributed by atoms with Gasteiger partial charge in [0.1, 0.15) is 5.82 Å². The van der Waals surface area contributed by atoms with Crippen LogP contribution in [-0.4, -0.2) is 32.4 Å². The topological polar surface area (TPSA) is 49.4 Å². The van der Waals surface area contributed by atoms with E-state index in [1.54, 1.807) is 7.05 Å². The van der Waals surface area contributed by atoms with E-state index in [1.165, 1.54) is 22.5 Å². The molecule has 0 radical (unpaired) electrons. The highest BCUT2D eigenvalue weighted by Gasteiger charge is 2.35. The molecule has 1 aliphatic rings. The summed E-state index contributed by atoms with van der Waals surface area (Å²) in [6.07, 6.45) is 1.81. The first-order valence-corrected chi connectivity index (χ1v) is 7.88. The van der Waals surface area contributed by atoms with Crippen molar-refractivity contribution in [1.82, 2.24) is 9.62 Å². The fourth-order valence-electron chi connectivity index (χ4n) is 1.91. The van der Waals surface area contributed by atoms with Crippen molar-refractivity contribution in [3.05, 3.63) is 29.6 Å². The molecule has 1 fully saturated rings. The lowest BCUT2D eigenvalue weighted by molar-refractivity contribution is 0.464. The summed E-state index contributed by atoms with van der Waals surface area (Å²) in [5.41, 5.74) is 0.382. The molecule has 0 saturated heterocycles. The van der Waals surface area contributed by atoms with Crippen LogP contribution < -0.4 is 5.32 Å². The molecule has 1 aromatic carbocycles. The highest BCUT2D eigenvalue weighted by molar-refractivity contribution is 7.89. The number of halogens is 1. The number of benzene rings is 1. The van der Waals surface area contributed by atoms with E-state index in [1.807, 2.05) is 6.92 Å². The van der Waals surface area contributed by atoms with Crippen molar-refractivity contribution in [2.75, 3.05) is 13.6 Å². The van der Waals surface area contributed by atoms with Gasteiger partial charge in [-0.25, -0.2) is 12.8 Å². The largest absolute Gasteiger partial charge is 0.313 e. The SMILES string of the molecule is CCNCc1cc(S(=O)(=O)N(C)C2CC2)ccc1F. The Hall–Kier alpha value is -0.980. The summed E-state index contributed by atoms with van der Waals surface area (Å²) in [6.45, 7) is 2.95. The second kappa shape index (κ2) is 5.56. The van der Waals surface area contributed by atoms with E-state index in [0.717, 1.165) is 12.8 Å². The van der Waals surface area contributed by atoms with Crippen LogP contribution in [0.15, 0.2) is 23.1 Å². The maximum absolute atomic E-state index is 13.6. The minimum absolute atomic E-state index is 0.104. The van der Waals surface area contributed by atoms with Gasteiger partial charge in [-0.2, -0.15) is 4.31 Å². The monoisotopic (exact) mass is 286 g/mol. The zero-order valence-corrected chi connectivity index (χ0v) is 12.0. The van der Waals surface area contributed by atoms with Crippen molar-refractivity contribution in [3.8, 4) is 0 Å². The molecule has 6 heteroatoms. The number of sulfonamides is 1. The van der Waals surface area contributed by atoms with E-state index in [9.17, 15) is 12.8 Å². The third-order valence-corrected chi connectivity index (χ3v) is 5.23. The Bertz CT molecular complexity index is 556. The Labute approximate surface area is 113 Å². The van der Waals surface area contributed by atoms with Crippen LogP contribution >= 0.6 is 0 Å². The molecule has 1 aliphatic carbocycles. The molecule has 2 rings (SSSR count). The van der Waals surface area contributed by atoms with Crippen molar-refractivity contribution in [2.24, 2.45) is 0 Å². The molecule has 1 saturated carbocycles. The summed E-state index contributed by atoms with van der Waals surface area (Å²) < 4.78 is 39.7. The molecule has 0 amide bonds. The molecule has 1 N–H and O–H groups in total. The number of hydrogen-bond acceptors (Lipinski definition) is 3. The maximum Gasteiger partial charge on any atom is 0.243 e.